The zero-order valence-electron chi connectivity index (χ0n) is 12.2. The fourth-order valence-corrected chi connectivity index (χ4v) is 4.27. The van der Waals surface area contributed by atoms with E-state index < -0.39 is 29.1 Å². The van der Waals surface area contributed by atoms with Gasteiger partial charge in [0.15, 0.2) is 0 Å². The SMILES string of the molecule is N#Cc1cccc(-c2c(I)[c]c(I)cc2C(F)(C(F)(F)F)C(F)(F)F)c1. The van der Waals surface area contributed by atoms with Crippen molar-refractivity contribution in [3.8, 4) is 17.2 Å². The summed E-state index contributed by atoms with van der Waals surface area (Å²) in [5.41, 5.74) is -7.91. The Labute approximate surface area is 170 Å². The molecule has 0 N–H and O–H groups in total. The molecule has 1 radical (unpaired) electrons. The number of nitrogens with zero attached hydrogens (tertiary/aromatic N) is 1. The molecule has 137 valence electrons. The molecule has 10 heteroatoms. The Balaban J connectivity index is 2.95. The number of halogens is 9. The third kappa shape index (κ3) is 3.64. The molecule has 0 aliphatic carbocycles. The summed E-state index contributed by atoms with van der Waals surface area (Å²) < 4.78 is 93.8. The van der Waals surface area contributed by atoms with E-state index in [-0.39, 0.29) is 18.3 Å². The highest BCUT2D eigenvalue weighted by Gasteiger charge is 2.74. The molecule has 0 spiro atoms. The first kappa shape index (κ1) is 21.2. The van der Waals surface area contributed by atoms with Gasteiger partial charge in [-0.05, 0) is 68.9 Å². The van der Waals surface area contributed by atoms with E-state index in [2.05, 4.69) is 6.07 Å². The van der Waals surface area contributed by atoms with Gasteiger partial charge in [-0.2, -0.15) is 31.6 Å². The molecule has 0 bridgehead atoms. The summed E-state index contributed by atoms with van der Waals surface area (Å²) in [6.07, 6.45) is -12.5. The average molecular weight is 598 g/mol. The van der Waals surface area contributed by atoms with Crippen molar-refractivity contribution < 1.29 is 30.7 Å². The second-order valence-corrected chi connectivity index (χ2v) is 7.31. The predicted molar refractivity (Wildman–Crippen MR) is 95.8 cm³/mol. The smallest absolute Gasteiger partial charge is 0.218 e. The molecule has 0 aliphatic heterocycles. The van der Waals surface area contributed by atoms with Crippen molar-refractivity contribution in [2.75, 3.05) is 0 Å². The van der Waals surface area contributed by atoms with Crippen molar-refractivity contribution in [2.45, 2.75) is 18.0 Å². The van der Waals surface area contributed by atoms with Crippen molar-refractivity contribution in [1.29, 1.82) is 5.26 Å². The highest BCUT2D eigenvalue weighted by molar-refractivity contribution is 14.1. The van der Waals surface area contributed by atoms with E-state index in [9.17, 15) is 30.7 Å². The number of alkyl halides is 7. The molecule has 0 saturated carbocycles. The lowest BCUT2D eigenvalue weighted by molar-refractivity contribution is -0.348. The quantitative estimate of drug-likeness (QED) is 0.286. The van der Waals surface area contributed by atoms with Crippen LogP contribution in [0.2, 0.25) is 0 Å². The van der Waals surface area contributed by atoms with Crippen LogP contribution in [0, 0.1) is 24.5 Å². The van der Waals surface area contributed by atoms with E-state index in [0.717, 1.165) is 6.07 Å². The van der Waals surface area contributed by atoms with Gasteiger partial charge < -0.3 is 0 Å². The van der Waals surface area contributed by atoms with Crippen LogP contribution >= 0.6 is 45.2 Å². The van der Waals surface area contributed by atoms with Crippen LogP contribution in [-0.2, 0) is 5.67 Å². The third-order valence-electron chi connectivity index (χ3n) is 3.42. The summed E-state index contributed by atoms with van der Waals surface area (Å²) >= 11 is 2.95. The monoisotopic (exact) mass is 598 g/mol. The molecule has 0 saturated heterocycles. The second-order valence-electron chi connectivity index (χ2n) is 5.07. The maximum Gasteiger partial charge on any atom is 0.435 e. The molecular formula is C16H5F7I2N. The molecule has 2 aromatic rings. The fraction of sp³-hybridized carbons (Fsp3) is 0.188. The number of benzene rings is 2. The van der Waals surface area contributed by atoms with Crippen LogP contribution in [-0.4, -0.2) is 12.4 Å². The molecule has 0 heterocycles. The number of nitriles is 1. The lowest BCUT2D eigenvalue weighted by Crippen LogP contribution is -2.50. The zero-order chi connectivity index (χ0) is 19.9. The van der Waals surface area contributed by atoms with Gasteiger partial charge in [0.25, 0.3) is 0 Å². The Hall–Kier alpha value is -1.10. The summed E-state index contributed by atoms with van der Waals surface area (Å²) in [4.78, 5) is 0. The van der Waals surface area contributed by atoms with Gasteiger partial charge in [0.2, 0.25) is 0 Å². The Morgan fingerprint density at radius 3 is 2.00 bits per heavy atom. The van der Waals surface area contributed by atoms with Gasteiger partial charge in [-0.1, -0.05) is 12.1 Å². The first-order valence-electron chi connectivity index (χ1n) is 6.57. The third-order valence-corrected chi connectivity index (χ3v) is 4.81. The van der Waals surface area contributed by atoms with Crippen LogP contribution < -0.4 is 0 Å². The molecule has 0 aliphatic rings. The standard InChI is InChI=1S/C16H5F7I2N/c17-14(15(18,19)20,16(21,22)23)11-5-10(24)6-12(25)13(11)9-3-1-2-8(4-9)7-26/h1-5H. The molecule has 0 fully saturated rings. The Morgan fingerprint density at radius 1 is 0.923 bits per heavy atom. The van der Waals surface area contributed by atoms with Crippen molar-refractivity contribution in [3.05, 3.63) is 54.7 Å². The first-order valence-corrected chi connectivity index (χ1v) is 8.73. The highest BCUT2D eigenvalue weighted by atomic mass is 127. The Bertz CT molecular complexity index is 868. The van der Waals surface area contributed by atoms with Crippen LogP contribution in [0.25, 0.3) is 11.1 Å². The summed E-state index contributed by atoms with van der Waals surface area (Å²) in [7, 11) is 0. The summed E-state index contributed by atoms with van der Waals surface area (Å²) in [5.74, 6) is 0. The van der Waals surface area contributed by atoms with Crippen LogP contribution in [0.1, 0.15) is 11.1 Å². The van der Waals surface area contributed by atoms with Crippen molar-refractivity contribution in [1.82, 2.24) is 0 Å². The normalized spacial score (nSPS) is 12.8. The Kier molecular flexibility index (Phi) is 5.82. The summed E-state index contributed by atoms with van der Waals surface area (Å²) in [6.45, 7) is 0. The lowest BCUT2D eigenvalue weighted by Gasteiger charge is -2.32. The van der Waals surface area contributed by atoms with Crippen molar-refractivity contribution in [3.63, 3.8) is 0 Å². The second kappa shape index (κ2) is 7.14. The maximum absolute atomic E-state index is 14.7. The molecule has 0 unspecified atom stereocenters. The van der Waals surface area contributed by atoms with Gasteiger partial charge in [0, 0.05) is 24.3 Å². The van der Waals surface area contributed by atoms with Gasteiger partial charge in [-0.15, -0.1) is 0 Å². The topological polar surface area (TPSA) is 23.8 Å². The van der Waals surface area contributed by atoms with Crippen LogP contribution in [0.3, 0.4) is 0 Å². The average Bonchev–Trinajstić information content (AvgIpc) is 2.51. The van der Waals surface area contributed by atoms with E-state index in [4.69, 9.17) is 5.26 Å². The van der Waals surface area contributed by atoms with Gasteiger partial charge in [-0.25, -0.2) is 4.39 Å². The van der Waals surface area contributed by atoms with E-state index in [0.29, 0.717) is 6.07 Å². The molecule has 2 aromatic carbocycles. The lowest BCUT2D eigenvalue weighted by atomic mass is 9.86. The molecule has 26 heavy (non-hydrogen) atoms. The first-order chi connectivity index (χ1) is 11.8. The molecule has 0 amide bonds. The highest BCUT2D eigenvalue weighted by Crippen LogP contribution is 2.56. The minimum Gasteiger partial charge on any atom is -0.218 e. The van der Waals surface area contributed by atoms with Crippen LogP contribution in [0.5, 0.6) is 0 Å². The van der Waals surface area contributed by atoms with E-state index in [1.54, 1.807) is 6.07 Å². The fourth-order valence-electron chi connectivity index (χ4n) is 2.28. The minimum absolute atomic E-state index is 0.00581. The summed E-state index contributed by atoms with van der Waals surface area (Å²) in [5, 5.41) is 8.92. The summed E-state index contributed by atoms with van der Waals surface area (Å²) in [6, 6.07) is 9.69. The van der Waals surface area contributed by atoms with Crippen molar-refractivity contribution in [2.24, 2.45) is 0 Å². The van der Waals surface area contributed by atoms with E-state index in [1.165, 1.54) is 63.4 Å². The minimum atomic E-state index is -6.24. The van der Waals surface area contributed by atoms with Crippen LogP contribution in [0.15, 0.2) is 30.3 Å². The van der Waals surface area contributed by atoms with Gasteiger partial charge >= 0.3 is 18.0 Å². The number of hydrogen-bond donors (Lipinski definition) is 0. The Morgan fingerprint density at radius 2 is 1.50 bits per heavy atom. The number of hydrogen-bond acceptors (Lipinski definition) is 1. The molecule has 1 nitrogen and oxygen atoms in total. The zero-order valence-corrected chi connectivity index (χ0v) is 16.6. The largest absolute Gasteiger partial charge is 0.435 e. The number of rotatable bonds is 2. The van der Waals surface area contributed by atoms with Gasteiger partial charge in [-0.3, -0.25) is 0 Å². The predicted octanol–water partition coefficient (Wildman–Crippen LogP) is 6.52. The van der Waals surface area contributed by atoms with Crippen LogP contribution in [0.4, 0.5) is 30.7 Å². The van der Waals surface area contributed by atoms with E-state index >= 15 is 0 Å². The molecule has 0 aromatic heterocycles. The molecular weight excluding hydrogens is 593 g/mol. The van der Waals surface area contributed by atoms with E-state index in [1.807, 2.05) is 0 Å². The van der Waals surface area contributed by atoms with Crippen molar-refractivity contribution >= 4 is 45.2 Å². The maximum atomic E-state index is 14.7. The molecule has 0 atom stereocenters. The van der Waals surface area contributed by atoms with Gasteiger partial charge in [0.1, 0.15) is 0 Å². The van der Waals surface area contributed by atoms with Gasteiger partial charge in [0.05, 0.1) is 11.6 Å². The molecule has 2 rings (SSSR count).